The van der Waals surface area contributed by atoms with E-state index < -0.39 is 0 Å². The van der Waals surface area contributed by atoms with E-state index in [1.54, 1.807) is 24.7 Å². The van der Waals surface area contributed by atoms with Crippen molar-refractivity contribution < 1.29 is 0 Å². The smallest absolute Gasteiger partial charge is 0.184 e. The lowest BCUT2D eigenvalue weighted by atomic mass is 10.2. The van der Waals surface area contributed by atoms with Gasteiger partial charge in [0, 0.05) is 42.1 Å². The van der Waals surface area contributed by atoms with Crippen molar-refractivity contribution in [1.29, 1.82) is 0 Å². The Balaban J connectivity index is 1.54. The van der Waals surface area contributed by atoms with Crippen LogP contribution in [0.25, 0.3) is 11.5 Å². The third-order valence-corrected chi connectivity index (χ3v) is 4.62. The maximum atomic E-state index is 6.27. The van der Waals surface area contributed by atoms with E-state index in [0.29, 0.717) is 16.6 Å². The molecular weight excluding hydrogens is 347 g/mol. The summed E-state index contributed by atoms with van der Waals surface area (Å²) < 4.78 is 2.10. The van der Waals surface area contributed by atoms with Gasteiger partial charge in [-0.1, -0.05) is 29.3 Å². The zero-order valence-corrected chi connectivity index (χ0v) is 14.2. The van der Waals surface area contributed by atoms with Gasteiger partial charge in [0.1, 0.15) is 11.5 Å². The fraction of sp³-hybridized carbons (Fsp3) is 0.250. The summed E-state index contributed by atoms with van der Waals surface area (Å²) in [7, 11) is 0. The Morgan fingerprint density at radius 3 is 2.79 bits per heavy atom. The summed E-state index contributed by atoms with van der Waals surface area (Å²) in [4.78, 5) is 10.7. The van der Waals surface area contributed by atoms with E-state index in [9.17, 15) is 0 Å². The molecule has 0 N–H and O–H groups in total. The predicted molar refractivity (Wildman–Crippen MR) is 91.6 cm³/mol. The van der Waals surface area contributed by atoms with Gasteiger partial charge in [0.15, 0.2) is 5.82 Å². The molecule has 0 spiro atoms. The van der Waals surface area contributed by atoms with Crippen LogP contribution >= 0.6 is 23.2 Å². The highest BCUT2D eigenvalue weighted by atomic mass is 35.5. The van der Waals surface area contributed by atoms with Gasteiger partial charge < -0.3 is 4.57 Å². The molecule has 0 amide bonds. The summed E-state index contributed by atoms with van der Waals surface area (Å²) >= 11 is 12.2. The lowest BCUT2D eigenvalue weighted by Crippen LogP contribution is -2.33. The minimum absolute atomic E-state index is 0.649. The van der Waals surface area contributed by atoms with Crippen molar-refractivity contribution in [3.05, 3.63) is 58.2 Å². The Morgan fingerprint density at radius 1 is 1.08 bits per heavy atom. The molecule has 6 nitrogen and oxygen atoms in total. The maximum Gasteiger partial charge on any atom is 0.184 e. The van der Waals surface area contributed by atoms with E-state index in [0.717, 1.165) is 42.5 Å². The topological polar surface area (TPSA) is 59.7 Å². The molecule has 4 rings (SSSR count). The number of nitrogens with zero attached hydrogens (tertiary/aromatic N) is 6. The van der Waals surface area contributed by atoms with Crippen LogP contribution in [0.5, 0.6) is 0 Å². The van der Waals surface area contributed by atoms with Gasteiger partial charge in [0.25, 0.3) is 0 Å². The zero-order chi connectivity index (χ0) is 16.5. The maximum absolute atomic E-state index is 6.27. The third-order valence-electron chi connectivity index (χ3n) is 4.03. The molecule has 8 heteroatoms. The number of benzene rings is 1. The van der Waals surface area contributed by atoms with Crippen LogP contribution in [0, 0.1) is 0 Å². The van der Waals surface area contributed by atoms with Crippen LogP contribution in [0.15, 0.2) is 36.8 Å². The van der Waals surface area contributed by atoms with Crippen LogP contribution in [0.2, 0.25) is 10.0 Å². The lowest BCUT2D eigenvalue weighted by Gasteiger charge is -2.27. The molecule has 3 aromatic rings. The highest BCUT2D eigenvalue weighted by molar-refractivity contribution is 6.35. The van der Waals surface area contributed by atoms with Crippen LogP contribution in [0.4, 0.5) is 0 Å². The summed E-state index contributed by atoms with van der Waals surface area (Å²) in [6.07, 6.45) is 5.01. The van der Waals surface area contributed by atoms with Crippen LogP contribution in [0.3, 0.4) is 0 Å². The highest BCUT2D eigenvalue weighted by Gasteiger charge is 2.23. The minimum atomic E-state index is 0.649. The van der Waals surface area contributed by atoms with Crippen molar-refractivity contribution in [1.82, 2.24) is 29.6 Å². The first-order valence-corrected chi connectivity index (χ1v) is 8.31. The molecule has 1 aliphatic rings. The molecule has 1 aliphatic heterocycles. The first kappa shape index (κ1) is 15.5. The largest absolute Gasteiger partial charge is 0.307 e. The number of fused-ring (bicyclic) bond motifs is 1. The average molecular weight is 361 g/mol. The Bertz CT molecular complexity index is 864. The van der Waals surface area contributed by atoms with Crippen molar-refractivity contribution in [2.24, 2.45) is 0 Å². The molecule has 3 heterocycles. The third kappa shape index (κ3) is 3.00. The van der Waals surface area contributed by atoms with Gasteiger partial charge >= 0.3 is 0 Å². The van der Waals surface area contributed by atoms with Crippen LogP contribution in [-0.4, -0.2) is 36.2 Å². The molecule has 1 aromatic carbocycles. The Hall–Kier alpha value is -2.02. The van der Waals surface area contributed by atoms with Gasteiger partial charge in [-0.3, -0.25) is 9.88 Å². The van der Waals surface area contributed by atoms with Gasteiger partial charge in [0.2, 0.25) is 0 Å². The second-order valence-electron chi connectivity index (χ2n) is 5.63. The average Bonchev–Trinajstić information content (AvgIpc) is 3.01. The molecule has 2 aromatic heterocycles. The van der Waals surface area contributed by atoms with Crippen LogP contribution < -0.4 is 0 Å². The fourth-order valence-electron chi connectivity index (χ4n) is 2.84. The fourth-order valence-corrected chi connectivity index (χ4v) is 3.31. The van der Waals surface area contributed by atoms with Gasteiger partial charge in [-0.25, -0.2) is 4.98 Å². The second-order valence-corrected chi connectivity index (χ2v) is 6.47. The summed E-state index contributed by atoms with van der Waals surface area (Å²) in [5, 5.41) is 9.93. The minimum Gasteiger partial charge on any atom is -0.307 e. The quantitative estimate of drug-likeness (QED) is 0.718. The molecule has 0 saturated heterocycles. The molecule has 0 unspecified atom stereocenters. The van der Waals surface area contributed by atoms with E-state index in [-0.39, 0.29) is 0 Å². The standard InChI is InChI=1S/C16H14Cl2N6/c17-12-2-1-11(13(18)7-12)9-23-5-6-24-15(10-23)21-22-16(24)14-8-19-3-4-20-14/h1-4,7-8H,5-6,9-10H2. The molecule has 0 fully saturated rings. The predicted octanol–water partition coefficient (Wildman–Crippen LogP) is 3.06. The van der Waals surface area contributed by atoms with Crippen molar-refractivity contribution in [3.63, 3.8) is 0 Å². The number of rotatable bonds is 3. The Kier molecular flexibility index (Phi) is 4.18. The number of hydrogen-bond acceptors (Lipinski definition) is 5. The molecular formula is C16H14Cl2N6. The number of halogens is 2. The summed E-state index contributed by atoms with van der Waals surface area (Å²) in [5.41, 5.74) is 1.80. The molecule has 0 bridgehead atoms. The van der Waals surface area contributed by atoms with Crippen molar-refractivity contribution in [2.75, 3.05) is 6.54 Å². The van der Waals surface area contributed by atoms with Gasteiger partial charge in [-0.05, 0) is 17.7 Å². The Morgan fingerprint density at radius 2 is 2.00 bits per heavy atom. The molecule has 0 aliphatic carbocycles. The van der Waals surface area contributed by atoms with E-state index in [2.05, 4.69) is 29.6 Å². The van der Waals surface area contributed by atoms with E-state index in [1.165, 1.54) is 0 Å². The summed E-state index contributed by atoms with van der Waals surface area (Å²) in [6.45, 7) is 3.16. The monoisotopic (exact) mass is 360 g/mol. The van der Waals surface area contributed by atoms with E-state index in [1.807, 2.05) is 12.1 Å². The molecule has 0 radical (unpaired) electrons. The molecule has 24 heavy (non-hydrogen) atoms. The van der Waals surface area contributed by atoms with E-state index >= 15 is 0 Å². The molecule has 0 saturated carbocycles. The van der Waals surface area contributed by atoms with Crippen LogP contribution in [0.1, 0.15) is 11.4 Å². The zero-order valence-electron chi connectivity index (χ0n) is 12.7. The molecule has 122 valence electrons. The molecule has 0 atom stereocenters. The highest BCUT2D eigenvalue weighted by Crippen LogP contribution is 2.25. The first-order chi connectivity index (χ1) is 11.7. The van der Waals surface area contributed by atoms with Crippen LogP contribution in [-0.2, 0) is 19.6 Å². The van der Waals surface area contributed by atoms with Gasteiger partial charge in [-0.2, -0.15) is 0 Å². The summed E-state index contributed by atoms with van der Waals surface area (Å²) in [5.74, 6) is 1.69. The lowest BCUT2D eigenvalue weighted by molar-refractivity contribution is 0.209. The van der Waals surface area contributed by atoms with Crippen molar-refractivity contribution in [3.8, 4) is 11.5 Å². The summed E-state index contributed by atoms with van der Waals surface area (Å²) in [6, 6.07) is 5.60. The van der Waals surface area contributed by atoms with Crippen molar-refractivity contribution in [2.45, 2.75) is 19.6 Å². The first-order valence-electron chi connectivity index (χ1n) is 7.55. The SMILES string of the molecule is Clc1ccc(CN2CCn3c(nnc3-c3cnccn3)C2)c(Cl)c1. The number of aromatic nitrogens is 5. The second kappa shape index (κ2) is 6.47. The normalized spacial score (nSPS) is 14.6. The van der Waals surface area contributed by atoms with Crippen molar-refractivity contribution >= 4 is 23.2 Å². The van der Waals surface area contributed by atoms with Gasteiger partial charge in [0.05, 0.1) is 12.7 Å². The van der Waals surface area contributed by atoms with E-state index in [4.69, 9.17) is 23.2 Å². The Labute approximate surface area is 149 Å². The number of hydrogen-bond donors (Lipinski definition) is 0. The van der Waals surface area contributed by atoms with Gasteiger partial charge in [-0.15, -0.1) is 10.2 Å².